The van der Waals surface area contributed by atoms with E-state index in [9.17, 15) is 9.18 Å². The first-order valence-corrected chi connectivity index (χ1v) is 6.83. The van der Waals surface area contributed by atoms with Crippen LogP contribution in [0.25, 0.3) is 0 Å². The van der Waals surface area contributed by atoms with Gasteiger partial charge in [-0.25, -0.2) is 9.18 Å². The van der Waals surface area contributed by atoms with Gasteiger partial charge >= 0.3 is 6.03 Å². The molecule has 0 aromatic heterocycles. The Balaban J connectivity index is 1.98. The Hall–Kier alpha value is -1.80. The number of carbonyl (C=O) groups excluding carboxylic acids is 1. The minimum absolute atomic E-state index is 0.181. The fourth-order valence-electron chi connectivity index (χ4n) is 2.94. The number of amides is 2. The molecule has 104 valence electrons. The highest BCUT2D eigenvalue weighted by Crippen LogP contribution is 2.36. The second kappa shape index (κ2) is 4.64. The zero-order valence-corrected chi connectivity index (χ0v) is 11.7. The quantitative estimate of drug-likeness (QED) is 0.799. The van der Waals surface area contributed by atoms with Crippen LogP contribution in [0, 0.1) is 18.3 Å². The zero-order chi connectivity index (χ0) is 14.4. The van der Waals surface area contributed by atoms with Crippen molar-refractivity contribution in [1.82, 2.24) is 4.90 Å². The summed E-state index contributed by atoms with van der Waals surface area (Å²) < 4.78 is 13.8. The van der Waals surface area contributed by atoms with Gasteiger partial charge < -0.3 is 4.90 Å². The molecule has 0 aliphatic carbocycles. The normalized spacial score (nSPS) is 25.0. The van der Waals surface area contributed by atoms with Crippen LogP contribution < -0.4 is 4.90 Å². The first kappa shape index (κ1) is 13.2. The van der Waals surface area contributed by atoms with Gasteiger partial charge in [-0.05, 0) is 31.0 Å². The number of carbonyl (C=O) groups is 1. The molecule has 1 aromatic carbocycles. The molecule has 6 heteroatoms. The molecule has 0 saturated carbocycles. The van der Waals surface area contributed by atoms with Crippen molar-refractivity contribution in [2.75, 3.05) is 18.0 Å². The molecule has 2 heterocycles. The monoisotopic (exact) mass is 293 g/mol. The standard InChI is InChI=1S/C14H13ClFN3O/c1-8-11(3-2-9(6-17)13(8)15)19-7-12-10(16)4-5-18(12)14(19)20/h2-3,10,12H,4-5,7H2,1H3/t10-,12?/m1/s1. The molecule has 3 rings (SSSR count). The lowest BCUT2D eigenvalue weighted by Gasteiger charge is -2.20. The Labute approximate surface area is 121 Å². The third kappa shape index (κ3) is 1.75. The van der Waals surface area contributed by atoms with Gasteiger partial charge in [0.15, 0.2) is 0 Å². The minimum atomic E-state index is -0.960. The summed E-state index contributed by atoms with van der Waals surface area (Å²) in [5.41, 5.74) is 1.71. The smallest absolute Gasteiger partial charge is 0.317 e. The van der Waals surface area contributed by atoms with Gasteiger partial charge in [0, 0.05) is 12.2 Å². The summed E-state index contributed by atoms with van der Waals surface area (Å²) in [6.45, 7) is 2.56. The average molecular weight is 294 g/mol. The number of hydrogen-bond acceptors (Lipinski definition) is 2. The van der Waals surface area contributed by atoms with E-state index in [0.29, 0.717) is 41.3 Å². The summed E-state index contributed by atoms with van der Waals surface area (Å²) in [5.74, 6) is 0. The molecular weight excluding hydrogens is 281 g/mol. The van der Waals surface area contributed by atoms with Gasteiger partial charge in [-0.2, -0.15) is 5.26 Å². The minimum Gasteiger partial charge on any atom is -0.317 e. The van der Waals surface area contributed by atoms with Gasteiger partial charge in [0.25, 0.3) is 0 Å². The van der Waals surface area contributed by atoms with Crippen molar-refractivity contribution in [2.24, 2.45) is 0 Å². The lowest BCUT2D eigenvalue weighted by molar-refractivity contribution is 0.209. The largest absolute Gasteiger partial charge is 0.324 e. The van der Waals surface area contributed by atoms with Crippen LogP contribution in [-0.4, -0.2) is 36.2 Å². The molecule has 1 unspecified atom stereocenters. The molecule has 0 bridgehead atoms. The average Bonchev–Trinajstić information content (AvgIpc) is 2.95. The van der Waals surface area contributed by atoms with Crippen LogP contribution in [0.5, 0.6) is 0 Å². The van der Waals surface area contributed by atoms with E-state index >= 15 is 0 Å². The zero-order valence-electron chi connectivity index (χ0n) is 10.9. The number of rotatable bonds is 1. The van der Waals surface area contributed by atoms with Crippen LogP contribution in [0.1, 0.15) is 17.5 Å². The van der Waals surface area contributed by atoms with Crippen molar-refractivity contribution < 1.29 is 9.18 Å². The predicted octanol–water partition coefficient (Wildman–Crippen LogP) is 2.87. The van der Waals surface area contributed by atoms with E-state index < -0.39 is 6.17 Å². The van der Waals surface area contributed by atoms with Gasteiger partial charge in [-0.3, -0.25) is 4.90 Å². The van der Waals surface area contributed by atoms with E-state index in [2.05, 4.69) is 0 Å². The number of urea groups is 1. The molecule has 1 aromatic rings. The fourth-order valence-corrected chi connectivity index (χ4v) is 3.14. The Morgan fingerprint density at radius 3 is 2.90 bits per heavy atom. The van der Waals surface area contributed by atoms with Crippen molar-refractivity contribution in [1.29, 1.82) is 5.26 Å². The summed E-state index contributed by atoms with van der Waals surface area (Å²) >= 11 is 6.13. The molecule has 2 saturated heterocycles. The first-order chi connectivity index (χ1) is 9.54. The van der Waals surface area contributed by atoms with E-state index in [1.807, 2.05) is 6.07 Å². The second-order valence-electron chi connectivity index (χ2n) is 5.14. The number of anilines is 1. The van der Waals surface area contributed by atoms with Crippen LogP contribution in [-0.2, 0) is 0 Å². The maximum Gasteiger partial charge on any atom is 0.324 e. The van der Waals surface area contributed by atoms with Gasteiger partial charge in [-0.1, -0.05) is 11.6 Å². The third-order valence-electron chi connectivity index (χ3n) is 4.08. The highest BCUT2D eigenvalue weighted by molar-refractivity contribution is 6.33. The Kier molecular flexibility index (Phi) is 3.06. The van der Waals surface area contributed by atoms with Crippen molar-refractivity contribution >= 4 is 23.3 Å². The highest BCUT2D eigenvalue weighted by Gasteiger charge is 2.46. The first-order valence-electron chi connectivity index (χ1n) is 6.46. The van der Waals surface area contributed by atoms with E-state index in [-0.39, 0.29) is 12.1 Å². The highest BCUT2D eigenvalue weighted by atomic mass is 35.5. The van der Waals surface area contributed by atoms with Crippen LogP contribution >= 0.6 is 11.6 Å². The number of nitriles is 1. The molecule has 0 N–H and O–H groups in total. The SMILES string of the molecule is Cc1c(N2CC3[C@H](F)CCN3C2=O)ccc(C#N)c1Cl. The number of nitrogens with zero attached hydrogens (tertiary/aromatic N) is 3. The lowest BCUT2D eigenvalue weighted by Crippen LogP contribution is -2.32. The number of alkyl halides is 1. The van der Waals surface area contributed by atoms with E-state index in [4.69, 9.17) is 16.9 Å². The van der Waals surface area contributed by atoms with Crippen LogP contribution in [0.2, 0.25) is 5.02 Å². The molecule has 2 aliphatic rings. The van der Waals surface area contributed by atoms with Gasteiger partial charge in [0.05, 0.1) is 23.2 Å². The van der Waals surface area contributed by atoms with E-state index in [1.54, 1.807) is 28.9 Å². The van der Waals surface area contributed by atoms with Gasteiger partial charge in [0.1, 0.15) is 12.2 Å². The fraction of sp³-hybridized carbons (Fsp3) is 0.429. The summed E-state index contributed by atoms with van der Waals surface area (Å²) in [6, 6.07) is 4.75. The molecule has 20 heavy (non-hydrogen) atoms. The second-order valence-corrected chi connectivity index (χ2v) is 5.52. The van der Waals surface area contributed by atoms with Crippen molar-refractivity contribution in [3.05, 3.63) is 28.3 Å². The third-order valence-corrected chi connectivity index (χ3v) is 4.57. The lowest BCUT2D eigenvalue weighted by atomic mass is 10.1. The molecule has 2 fully saturated rings. The molecular formula is C14H13ClFN3O. The molecule has 2 aliphatic heterocycles. The summed E-state index contributed by atoms with van der Waals surface area (Å²) in [4.78, 5) is 15.5. The van der Waals surface area contributed by atoms with Crippen molar-refractivity contribution in [2.45, 2.75) is 25.6 Å². The molecule has 2 atom stereocenters. The number of fused-ring (bicyclic) bond motifs is 1. The number of benzene rings is 1. The molecule has 2 amide bonds. The van der Waals surface area contributed by atoms with Crippen LogP contribution in [0.15, 0.2) is 12.1 Å². The van der Waals surface area contributed by atoms with Gasteiger partial charge in [0.2, 0.25) is 0 Å². The molecule has 4 nitrogen and oxygen atoms in total. The van der Waals surface area contributed by atoms with Crippen molar-refractivity contribution in [3.8, 4) is 6.07 Å². The Morgan fingerprint density at radius 2 is 2.25 bits per heavy atom. The summed E-state index contributed by atoms with van der Waals surface area (Å²) in [5, 5.41) is 9.29. The Morgan fingerprint density at radius 1 is 1.50 bits per heavy atom. The predicted molar refractivity (Wildman–Crippen MR) is 73.7 cm³/mol. The Bertz CT molecular complexity index is 628. The van der Waals surface area contributed by atoms with Crippen LogP contribution in [0.3, 0.4) is 0 Å². The maximum atomic E-state index is 13.8. The molecule has 0 spiro atoms. The van der Waals surface area contributed by atoms with E-state index in [0.717, 1.165) is 0 Å². The summed E-state index contributed by atoms with van der Waals surface area (Å²) in [7, 11) is 0. The van der Waals surface area contributed by atoms with Crippen molar-refractivity contribution in [3.63, 3.8) is 0 Å². The maximum absolute atomic E-state index is 13.8. The number of halogens is 2. The number of hydrogen-bond donors (Lipinski definition) is 0. The van der Waals surface area contributed by atoms with Gasteiger partial charge in [-0.15, -0.1) is 0 Å². The topological polar surface area (TPSA) is 47.3 Å². The van der Waals surface area contributed by atoms with Crippen LogP contribution in [0.4, 0.5) is 14.9 Å². The summed E-state index contributed by atoms with van der Waals surface area (Å²) in [6.07, 6.45) is -0.546. The van der Waals surface area contributed by atoms with E-state index in [1.165, 1.54) is 0 Å². The molecule has 0 radical (unpaired) electrons.